The Labute approximate surface area is 125 Å². The molecule has 0 saturated carbocycles. The maximum atomic E-state index is 10.9. The Morgan fingerprint density at radius 2 is 1.71 bits per heavy atom. The quantitative estimate of drug-likeness (QED) is 0.340. The zero-order valence-electron chi connectivity index (χ0n) is 13.1. The molecule has 0 aromatic rings. The number of hydrogen-bond acceptors (Lipinski definition) is 7. The molecule has 0 aromatic carbocycles. The first-order chi connectivity index (χ1) is 9.88. The van der Waals surface area contributed by atoms with Gasteiger partial charge in [0.2, 0.25) is 0 Å². The van der Waals surface area contributed by atoms with Gasteiger partial charge >= 0.3 is 11.9 Å². The highest BCUT2D eigenvalue weighted by Crippen LogP contribution is 2.00. The Balaban J connectivity index is 3.82. The third-order valence-corrected chi connectivity index (χ3v) is 2.40. The Bertz CT molecular complexity index is 333. The molecule has 1 N–H and O–H groups in total. The molecule has 0 heterocycles. The van der Waals surface area contributed by atoms with E-state index in [-0.39, 0.29) is 31.4 Å². The fraction of sp³-hybridized carbons (Fsp3) is 0.714. The molecule has 0 rings (SSSR count). The van der Waals surface area contributed by atoms with Crippen molar-refractivity contribution in [2.75, 3.05) is 26.9 Å². The Hall–Kier alpha value is -1.44. The van der Waals surface area contributed by atoms with Crippen molar-refractivity contribution in [3.05, 3.63) is 12.7 Å². The van der Waals surface area contributed by atoms with Crippen LogP contribution in [0.15, 0.2) is 12.7 Å². The van der Waals surface area contributed by atoms with Crippen LogP contribution in [0.25, 0.3) is 0 Å². The van der Waals surface area contributed by atoms with Crippen LogP contribution in [0.5, 0.6) is 0 Å². The van der Waals surface area contributed by atoms with Gasteiger partial charge in [0.05, 0.1) is 25.4 Å². The van der Waals surface area contributed by atoms with E-state index in [1.165, 1.54) is 6.92 Å². The van der Waals surface area contributed by atoms with Gasteiger partial charge in [-0.1, -0.05) is 6.58 Å². The Morgan fingerprint density at radius 1 is 1.14 bits per heavy atom. The van der Waals surface area contributed by atoms with Gasteiger partial charge in [0.15, 0.2) is 6.23 Å². The summed E-state index contributed by atoms with van der Waals surface area (Å²) >= 11 is 0. The van der Waals surface area contributed by atoms with Gasteiger partial charge in [-0.15, -0.1) is 0 Å². The lowest BCUT2D eigenvalue weighted by molar-refractivity contribution is -0.154. The number of carbonyl (C=O) groups is 2. The number of rotatable bonds is 11. The smallest absolute Gasteiger partial charge is 0.330 e. The predicted molar refractivity (Wildman–Crippen MR) is 76.6 cm³/mol. The minimum Gasteiger partial charge on any atom is -0.460 e. The molecule has 122 valence electrons. The number of esters is 2. The topological polar surface area (TPSA) is 83.1 Å². The second kappa shape index (κ2) is 11.2. The molecule has 0 aliphatic rings. The molecule has 3 unspecified atom stereocenters. The van der Waals surface area contributed by atoms with Gasteiger partial charge in [-0.2, -0.15) is 0 Å². The lowest BCUT2D eigenvalue weighted by atomic mass is 10.4. The van der Waals surface area contributed by atoms with E-state index in [0.717, 1.165) is 6.08 Å². The van der Waals surface area contributed by atoms with Crippen molar-refractivity contribution in [3.8, 4) is 0 Å². The molecule has 7 heteroatoms. The maximum absolute atomic E-state index is 10.9. The third-order valence-electron chi connectivity index (χ3n) is 2.40. The molecule has 0 bridgehead atoms. The molecule has 0 fully saturated rings. The van der Waals surface area contributed by atoms with Crippen molar-refractivity contribution in [2.45, 2.75) is 39.2 Å². The summed E-state index contributed by atoms with van der Waals surface area (Å²) < 4.78 is 20.8. The molecule has 3 atom stereocenters. The summed E-state index contributed by atoms with van der Waals surface area (Å²) in [5.41, 5.74) is 0. The summed E-state index contributed by atoms with van der Waals surface area (Å²) in [5, 5.41) is 2.82. The zero-order valence-corrected chi connectivity index (χ0v) is 13.1. The summed E-state index contributed by atoms with van der Waals surface area (Å²) in [6.07, 6.45) is 0.184. The van der Waals surface area contributed by atoms with E-state index >= 15 is 0 Å². The van der Waals surface area contributed by atoms with Gasteiger partial charge in [0.1, 0.15) is 6.61 Å². The number of carbonyl (C=O) groups excluding carboxylic acids is 2. The van der Waals surface area contributed by atoms with Crippen molar-refractivity contribution in [3.63, 3.8) is 0 Å². The van der Waals surface area contributed by atoms with Crippen LogP contribution in [-0.4, -0.2) is 57.2 Å². The molecular weight excluding hydrogens is 278 g/mol. The number of likely N-dealkylation sites (N-methyl/N-ethyl adjacent to an activating group) is 1. The molecule has 21 heavy (non-hydrogen) atoms. The fourth-order valence-electron chi connectivity index (χ4n) is 1.28. The molecule has 0 radical (unpaired) electrons. The summed E-state index contributed by atoms with van der Waals surface area (Å²) in [7, 11) is 1.67. The second-order valence-electron chi connectivity index (χ2n) is 4.51. The van der Waals surface area contributed by atoms with Crippen molar-refractivity contribution >= 4 is 11.9 Å². The normalized spacial score (nSPS) is 14.9. The molecule has 0 aromatic heterocycles. The van der Waals surface area contributed by atoms with E-state index in [9.17, 15) is 9.59 Å². The highest BCUT2D eigenvalue weighted by molar-refractivity contribution is 5.81. The van der Waals surface area contributed by atoms with Gasteiger partial charge in [-0.05, 0) is 20.9 Å². The van der Waals surface area contributed by atoms with Crippen LogP contribution < -0.4 is 5.32 Å². The van der Waals surface area contributed by atoms with Gasteiger partial charge < -0.3 is 18.9 Å². The van der Waals surface area contributed by atoms with E-state index in [4.69, 9.17) is 18.9 Å². The standard InChI is InChI=1S/C14H25NO6/c1-6-14(17)20-8-11(3)18-7-10(2)19-9-13(15-5)21-12(4)16/h6,10-11,13,15H,1,7-9H2,2-5H3. The highest BCUT2D eigenvalue weighted by atomic mass is 16.6. The Kier molecular flexibility index (Phi) is 10.5. The average Bonchev–Trinajstić information content (AvgIpc) is 2.46. The number of hydrogen-bond donors (Lipinski definition) is 1. The van der Waals surface area contributed by atoms with Crippen molar-refractivity contribution in [2.24, 2.45) is 0 Å². The fourth-order valence-corrected chi connectivity index (χ4v) is 1.28. The zero-order chi connectivity index (χ0) is 16.3. The van der Waals surface area contributed by atoms with E-state index < -0.39 is 12.2 Å². The van der Waals surface area contributed by atoms with E-state index in [1.54, 1.807) is 14.0 Å². The minimum absolute atomic E-state index is 0.157. The average molecular weight is 303 g/mol. The van der Waals surface area contributed by atoms with Crippen molar-refractivity contribution in [1.29, 1.82) is 0 Å². The largest absolute Gasteiger partial charge is 0.460 e. The van der Waals surface area contributed by atoms with E-state index in [1.807, 2.05) is 6.92 Å². The monoisotopic (exact) mass is 303 g/mol. The molecular formula is C14H25NO6. The maximum Gasteiger partial charge on any atom is 0.330 e. The van der Waals surface area contributed by atoms with Gasteiger partial charge in [-0.25, -0.2) is 4.79 Å². The summed E-state index contributed by atoms with van der Waals surface area (Å²) in [5.74, 6) is -0.854. The van der Waals surface area contributed by atoms with Crippen molar-refractivity contribution in [1.82, 2.24) is 5.32 Å². The van der Waals surface area contributed by atoms with Crippen LogP contribution >= 0.6 is 0 Å². The summed E-state index contributed by atoms with van der Waals surface area (Å²) in [6.45, 7) is 8.98. The number of nitrogens with one attached hydrogen (secondary N) is 1. The first-order valence-corrected chi connectivity index (χ1v) is 6.75. The van der Waals surface area contributed by atoms with Crippen LogP contribution in [0.4, 0.5) is 0 Å². The molecule has 0 aliphatic carbocycles. The molecule has 0 amide bonds. The van der Waals surface area contributed by atoms with Crippen LogP contribution in [0.2, 0.25) is 0 Å². The highest BCUT2D eigenvalue weighted by Gasteiger charge is 2.13. The van der Waals surface area contributed by atoms with Crippen LogP contribution in [0.3, 0.4) is 0 Å². The first kappa shape index (κ1) is 19.6. The summed E-state index contributed by atoms with van der Waals surface area (Å²) in [4.78, 5) is 21.7. The molecule has 0 aliphatic heterocycles. The minimum atomic E-state index is -0.490. The SMILES string of the molecule is C=CC(=O)OCC(C)OCC(C)OCC(NC)OC(C)=O. The van der Waals surface area contributed by atoms with Crippen molar-refractivity contribution < 1.29 is 28.5 Å². The summed E-state index contributed by atoms with van der Waals surface area (Å²) in [6, 6.07) is 0. The number of ether oxygens (including phenoxy) is 4. The first-order valence-electron chi connectivity index (χ1n) is 6.75. The predicted octanol–water partition coefficient (Wildman–Crippen LogP) is 0.634. The van der Waals surface area contributed by atoms with Crippen LogP contribution in [0, 0.1) is 0 Å². The van der Waals surface area contributed by atoms with Gasteiger partial charge in [0.25, 0.3) is 0 Å². The van der Waals surface area contributed by atoms with Gasteiger partial charge in [-0.3, -0.25) is 10.1 Å². The van der Waals surface area contributed by atoms with Gasteiger partial charge in [0, 0.05) is 13.0 Å². The lowest BCUT2D eigenvalue weighted by Crippen LogP contribution is -2.36. The molecule has 0 spiro atoms. The lowest BCUT2D eigenvalue weighted by Gasteiger charge is -2.21. The van der Waals surface area contributed by atoms with E-state index in [0.29, 0.717) is 6.61 Å². The molecule has 0 saturated heterocycles. The third kappa shape index (κ3) is 10.9. The van der Waals surface area contributed by atoms with Crippen LogP contribution in [0.1, 0.15) is 20.8 Å². The van der Waals surface area contributed by atoms with E-state index in [2.05, 4.69) is 11.9 Å². The molecule has 7 nitrogen and oxygen atoms in total. The Morgan fingerprint density at radius 3 is 2.24 bits per heavy atom. The van der Waals surface area contributed by atoms with Crippen LogP contribution in [-0.2, 0) is 28.5 Å². The second-order valence-corrected chi connectivity index (χ2v) is 4.51.